The van der Waals surface area contributed by atoms with Crippen LogP contribution in [0.25, 0.3) is 0 Å². The number of ether oxygens (including phenoxy) is 2. The Morgan fingerprint density at radius 3 is 2.62 bits per heavy atom. The number of aliphatic hydroxyl groups is 1. The van der Waals surface area contributed by atoms with Crippen LogP contribution >= 0.6 is 15.9 Å². The molecule has 2 aromatic rings. The van der Waals surface area contributed by atoms with E-state index in [4.69, 9.17) is 15.2 Å². The first-order valence-electron chi connectivity index (χ1n) is 6.60. The minimum Gasteiger partial charge on any atom is -0.491 e. The van der Waals surface area contributed by atoms with Gasteiger partial charge in [-0.1, -0.05) is 22.0 Å². The Bertz CT molecular complexity index is 604. The summed E-state index contributed by atoms with van der Waals surface area (Å²) in [7, 11) is 0. The zero-order valence-electron chi connectivity index (χ0n) is 11.8. The Labute approximate surface area is 132 Å². The van der Waals surface area contributed by atoms with Crippen LogP contribution in [0.4, 0.5) is 5.69 Å². The van der Waals surface area contributed by atoms with Gasteiger partial charge in [0.05, 0.1) is 0 Å². The number of aryl methyl sites for hydroxylation is 1. The van der Waals surface area contributed by atoms with Crippen molar-refractivity contribution < 1.29 is 14.6 Å². The van der Waals surface area contributed by atoms with Crippen LogP contribution in [0.2, 0.25) is 0 Å². The molecule has 0 spiro atoms. The number of hydrogen-bond donors (Lipinski definition) is 2. The third kappa shape index (κ3) is 4.95. The first-order valence-corrected chi connectivity index (χ1v) is 7.39. The summed E-state index contributed by atoms with van der Waals surface area (Å²) in [5, 5.41) is 9.90. The van der Waals surface area contributed by atoms with Crippen molar-refractivity contribution >= 4 is 21.6 Å². The van der Waals surface area contributed by atoms with Gasteiger partial charge in [0.1, 0.15) is 30.8 Å². The number of hydrogen-bond acceptors (Lipinski definition) is 4. The van der Waals surface area contributed by atoms with E-state index >= 15 is 0 Å². The molecule has 112 valence electrons. The van der Waals surface area contributed by atoms with E-state index in [0.29, 0.717) is 11.4 Å². The average Bonchev–Trinajstić information content (AvgIpc) is 2.44. The quantitative estimate of drug-likeness (QED) is 0.784. The third-order valence-electron chi connectivity index (χ3n) is 2.87. The molecule has 0 amide bonds. The molecule has 0 saturated heterocycles. The first-order chi connectivity index (χ1) is 10.0. The molecule has 21 heavy (non-hydrogen) atoms. The van der Waals surface area contributed by atoms with Crippen molar-refractivity contribution in [2.75, 3.05) is 18.9 Å². The van der Waals surface area contributed by atoms with Crippen molar-refractivity contribution in [3.63, 3.8) is 0 Å². The Morgan fingerprint density at radius 2 is 1.90 bits per heavy atom. The van der Waals surface area contributed by atoms with Gasteiger partial charge in [0.25, 0.3) is 0 Å². The second-order valence-corrected chi connectivity index (χ2v) is 5.67. The van der Waals surface area contributed by atoms with E-state index in [-0.39, 0.29) is 13.2 Å². The summed E-state index contributed by atoms with van der Waals surface area (Å²) in [6.45, 7) is 2.28. The molecule has 0 bridgehead atoms. The summed E-state index contributed by atoms with van der Waals surface area (Å²) in [6, 6.07) is 12.8. The molecule has 0 aliphatic rings. The molecular formula is C16H18BrNO3. The Morgan fingerprint density at radius 1 is 1.14 bits per heavy atom. The predicted octanol–water partition coefficient (Wildman–Crippen LogP) is 3.16. The van der Waals surface area contributed by atoms with Crippen molar-refractivity contribution in [1.82, 2.24) is 0 Å². The van der Waals surface area contributed by atoms with E-state index in [1.54, 1.807) is 24.3 Å². The maximum absolute atomic E-state index is 9.90. The van der Waals surface area contributed by atoms with E-state index < -0.39 is 6.10 Å². The maximum atomic E-state index is 9.90. The fraction of sp³-hybridized carbons (Fsp3) is 0.250. The van der Waals surface area contributed by atoms with Gasteiger partial charge in [-0.15, -0.1) is 0 Å². The van der Waals surface area contributed by atoms with Gasteiger partial charge in [-0.25, -0.2) is 0 Å². The van der Waals surface area contributed by atoms with Gasteiger partial charge in [-0.2, -0.15) is 0 Å². The minimum absolute atomic E-state index is 0.152. The van der Waals surface area contributed by atoms with Crippen LogP contribution in [0.3, 0.4) is 0 Å². The highest BCUT2D eigenvalue weighted by Crippen LogP contribution is 2.22. The molecule has 0 saturated carbocycles. The molecule has 2 rings (SSSR count). The number of nitrogens with two attached hydrogens (primary N) is 1. The highest BCUT2D eigenvalue weighted by Gasteiger charge is 2.08. The van der Waals surface area contributed by atoms with Crippen LogP contribution in [0, 0.1) is 6.92 Å². The molecule has 2 aromatic carbocycles. The van der Waals surface area contributed by atoms with Crippen LogP contribution < -0.4 is 15.2 Å². The summed E-state index contributed by atoms with van der Waals surface area (Å²) in [5.74, 6) is 1.38. The van der Waals surface area contributed by atoms with Crippen LogP contribution in [-0.2, 0) is 0 Å². The molecule has 5 heteroatoms. The van der Waals surface area contributed by atoms with Gasteiger partial charge < -0.3 is 20.3 Å². The lowest BCUT2D eigenvalue weighted by atomic mass is 10.2. The highest BCUT2D eigenvalue weighted by atomic mass is 79.9. The van der Waals surface area contributed by atoms with E-state index in [9.17, 15) is 5.11 Å². The lowest BCUT2D eigenvalue weighted by molar-refractivity contribution is 0.0624. The fourth-order valence-corrected chi connectivity index (χ4v) is 2.28. The zero-order valence-corrected chi connectivity index (χ0v) is 13.3. The SMILES string of the molecule is Cc1cc(Br)ccc1OCC(O)COc1cccc(N)c1. The molecule has 0 heterocycles. The van der Waals surface area contributed by atoms with Gasteiger partial charge in [-0.05, 0) is 42.8 Å². The zero-order chi connectivity index (χ0) is 15.2. The van der Waals surface area contributed by atoms with Crippen LogP contribution in [0.15, 0.2) is 46.9 Å². The number of aliphatic hydroxyl groups excluding tert-OH is 1. The predicted molar refractivity (Wildman–Crippen MR) is 86.7 cm³/mol. The molecule has 1 atom stereocenters. The first kappa shape index (κ1) is 15.7. The number of halogens is 1. The summed E-state index contributed by atoms with van der Waals surface area (Å²) >= 11 is 3.40. The second-order valence-electron chi connectivity index (χ2n) is 4.76. The van der Waals surface area contributed by atoms with Gasteiger partial charge in [0, 0.05) is 16.2 Å². The fourth-order valence-electron chi connectivity index (χ4n) is 1.81. The van der Waals surface area contributed by atoms with Crippen molar-refractivity contribution in [3.05, 3.63) is 52.5 Å². The second kappa shape index (κ2) is 7.33. The standard InChI is InChI=1S/C16H18BrNO3/c1-11-7-12(17)5-6-16(11)21-10-14(19)9-20-15-4-2-3-13(18)8-15/h2-8,14,19H,9-10,18H2,1H3. The van der Waals surface area contributed by atoms with Gasteiger partial charge in [0.2, 0.25) is 0 Å². The topological polar surface area (TPSA) is 64.7 Å². The summed E-state index contributed by atoms with van der Waals surface area (Å²) in [4.78, 5) is 0. The lowest BCUT2D eigenvalue weighted by Crippen LogP contribution is -2.25. The number of anilines is 1. The lowest BCUT2D eigenvalue weighted by Gasteiger charge is -2.15. The molecule has 0 radical (unpaired) electrons. The van der Waals surface area contributed by atoms with Crippen molar-refractivity contribution in [3.8, 4) is 11.5 Å². The Balaban J connectivity index is 1.80. The largest absolute Gasteiger partial charge is 0.491 e. The molecule has 4 nitrogen and oxygen atoms in total. The number of rotatable bonds is 6. The molecule has 0 fully saturated rings. The molecule has 1 unspecified atom stereocenters. The summed E-state index contributed by atoms with van der Waals surface area (Å²) < 4.78 is 12.1. The van der Waals surface area contributed by atoms with E-state index in [2.05, 4.69) is 15.9 Å². The molecule has 0 aliphatic carbocycles. The van der Waals surface area contributed by atoms with E-state index in [0.717, 1.165) is 15.8 Å². The summed E-state index contributed by atoms with van der Waals surface area (Å²) in [6.07, 6.45) is -0.713. The summed E-state index contributed by atoms with van der Waals surface area (Å²) in [5.41, 5.74) is 7.29. The molecular weight excluding hydrogens is 334 g/mol. The monoisotopic (exact) mass is 351 g/mol. The smallest absolute Gasteiger partial charge is 0.122 e. The van der Waals surface area contributed by atoms with Crippen molar-refractivity contribution in [2.45, 2.75) is 13.0 Å². The Hall–Kier alpha value is -1.72. The van der Waals surface area contributed by atoms with Gasteiger partial charge >= 0.3 is 0 Å². The van der Waals surface area contributed by atoms with Gasteiger partial charge in [0.15, 0.2) is 0 Å². The molecule has 3 N–H and O–H groups in total. The third-order valence-corrected chi connectivity index (χ3v) is 3.36. The maximum Gasteiger partial charge on any atom is 0.122 e. The van der Waals surface area contributed by atoms with E-state index in [1.807, 2.05) is 25.1 Å². The number of nitrogen functional groups attached to an aromatic ring is 1. The molecule has 0 aliphatic heterocycles. The molecule has 0 aromatic heterocycles. The van der Waals surface area contributed by atoms with Gasteiger partial charge in [-0.3, -0.25) is 0 Å². The average molecular weight is 352 g/mol. The van der Waals surface area contributed by atoms with Crippen LogP contribution in [-0.4, -0.2) is 24.4 Å². The normalized spacial score (nSPS) is 12.0. The van der Waals surface area contributed by atoms with Crippen LogP contribution in [0.5, 0.6) is 11.5 Å². The van der Waals surface area contributed by atoms with Crippen molar-refractivity contribution in [2.24, 2.45) is 0 Å². The number of benzene rings is 2. The van der Waals surface area contributed by atoms with Crippen LogP contribution in [0.1, 0.15) is 5.56 Å². The van der Waals surface area contributed by atoms with E-state index in [1.165, 1.54) is 0 Å². The Kier molecular flexibility index (Phi) is 5.47. The van der Waals surface area contributed by atoms with Crippen molar-refractivity contribution in [1.29, 1.82) is 0 Å². The highest BCUT2D eigenvalue weighted by molar-refractivity contribution is 9.10. The minimum atomic E-state index is -0.713.